The van der Waals surface area contributed by atoms with Crippen molar-refractivity contribution in [3.8, 4) is 0 Å². The van der Waals surface area contributed by atoms with Crippen molar-refractivity contribution in [3.63, 3.8) is 0 Å². The Kier molecular flexibility index (Phi) is 5.49. The highest BCUT2D eigenvalue weighted by Gasteiger charge is 2.46. The number of aliphatic hydroxyl groups is 2. The number of rotatable bonds is 6. The molecule has 1 aliphatic rings. The number of amides is 1. The molecule has 152 valence electrons. The van der Waals surface area contributed by atoms with E-state index in [9.17, 15) is 15.0 Å². The Hall–Kier alpha value is -2.92. The normalized spacial score (nSPS) is 24.1. The topological polar surface area (TPSA) is 132 Å². The molecule has 10 heteroatoms. The van der Waals surface area contributed by atoms with E-state index in [1.807, 2.05) is 30.3 Å². The number of fused-ring (bicyclic) bond motifs is 1. The molecular formula is C19H21N5O5. The van der Waals surface area contributed by atoms with Gasteiger partial charge in [-0.1, -0.05) is 30.3 Å². The Morgan fingerprint density at radius 2 is 2.07 bits per heavy atom. The molecule has 29 heavy (non-hydrogen) atoms. The number of benzene rings is 1. The summed E-state index contributed by atoms with van der Waals surface area (Å²) in [4.78, 5) is 24.0. The molecule has 3 aromatic rings. The van der Waals surface area contributed by atoms with Crippen LogP contribution in [0, 0.1) is 0 Å². The van der Waals surface area contributed by atoms with E-state index < -0.39 is 24.5 Å². The summed E-state index contributed by atoms with van der Waals surface area (Å²) in [5.74, 6) is -0.00300. The molecule has 2 aromatic heterocycles. The quantitative estimate of drug-likeness (QED) is 0.550. The van der Waals surface area contributed by atoms with Crippen LogP contribution in [0.15, 0.2) is 43.0 Å². The third kappa shape index (κ3) is 3.83. The summed E-state index contributed by atoms with van der Waals surface area (Å²) in [6.07, 6.45) is -0.584. The van der Waals surface area contributed by atoms with Crippen LogP contribution < -0.4 is 5.32 Å². The highest BCUT2D eigenvalue weighted by atomic mass is 16.6. The number of carbonyl (C=O) groups excluding carboxylic acids is 1. The van der Waals surface area contributed by atoms with Crippen LogP contribution in [0.1, 0.15) is 18.7 Å². The zero-order valence-corrected chi connectivity index (χ0v) is 15.7. The summed E-state index contributed by atoms with van der Waals surface area (Å²) in [7, 11) is 0. The second kappa shape index (κ2) is 8.21. The minimum atomic E-state index is -1.04. The summed E-state index contributed by atoms with van der Waals surface area (Å²) < 4.78 is 13.4. The van der Waals surface area contributed by atoms with Crippen LogP contribution in [0.5, 0.6) is 0 Å². The Labute approximate surface area is 166 Å². The van der Waals surface area contributed by atoms with Gasteiger partial charge < -0.3 is 25.0 Å². The number of anilines is 1. The maximum atomic E-state index is 11.4. The summed E-state index contributed by atoms with van der Waals surface area (Å²) in [5, 5.41) is 22.8. The molecule has 1 fully saturated rings. The highest BCUT2D eigenvalue weighted by molar-refractivity contribution is 5.95. The van der Waals surface area contributed by atoms with Gasteiger partial charge in [-0.05, 0) is 5.56 Å². The van der Waals surface area contributed by atoms with Gasteiger partial charge in [0.05, 0.1) is 19.5 Å². The largest absolute Gasteiger partial charge is 0.394 e. The molecule has 4 atom stereocenters. The Morgan fingerprint density at radius 3 is 2.79 bits per heavy atom. The molecule has 3 heterocycles. The zero-order chi connectivity index (χ0) is 20.4. The van der Waals surface area contributed by atoms with Crippen molar-refractivity contribution in [1.29, 1.82) is 0 Å². The van der Waals surface area contributed by atoms with Crippen molar-refractivity contribution in [2.45, 2.75) is 38.1 Å². The van der Waals surface area contributed by atoms with E-state index in [1.54, 1.807) is 4.57 Å². The van der Waals surface area contributed by atoms with E-state index in [2.05, 4.69) is 20.3 Å². The fourth-order valence-electron chi connectivity index (χ4n) is 3.34. The van der Waals surface area contributed by atoms with E-state index in [-0.39, 0.29) is 24.9 Å². The lowest BCUT2D eigenvalue weighted by Gasteiger charge is -2.22. The number of aromatic nitrogens is 4. The predicted octanol–water partition coefficient (Wildman–Crippen LogP) is 0.621. The van der Waals surface area contributed by atoms with Crippen LogP contribution in [0.25, 0.3) is 11.2 Å². The smallest absolute Gasteiger partial charge is 0.222 e. The predicted molar refractivity (Wildman–Crippen MR) is 102 cm³/mol. The molecule has 10 nitrogen and oxygen atoms in total. The number of nitrogens with one attached hydrogen (secondary N) is 1. The van der Waals surface area contributed by atoms with Crippen LogP contribution in [0.4, 0.5) is 5.82 Å². The van der Waals surface area contributed by atoms with Crippen molar-refractivity contribution in [1.82, 2.24) is 19.5 Å². The molecule has 0 aliphatic carbocycles. The first-order valence-corrected chi connectivity index (χ1v) is 9.13. The molecule has 0 saturated carbocycles. The molecule has 0 radical (unpaired) electrons. The zero-order valence-electron chi connectivity index (χ0n) is 15.7. The van der Waals surface area contributed by atoms with E-state index in [4.69, 9.17) is 9.47 Å². The number of hydrogen-bond donors (Lipinski definition) is 3. The van der Waals surface area contributed by atoms with Gasteiger partial charge in [0.1, 0.15) is 24.6 Å². The average Bonchev–Trinajstić information content (AvgIpc) is 3.28. The average molecular weight is 399 g/mol. The molecule has 4 rings (SSSR count). The van der Waals surface area contributed by atoms with Crippen molar-refractivity contribution in [3.05, 3.63) is 48.5 Å². The van der Waals surface area contributed by atoms with Crippen molar-refractivity contribution in [2.24, 2.45) is 0 Å². The number of ether oxygens (including phenoxy) is 2. The van der Waals surface area contributed by atoms with Crippen LogP contribution >= 0.6 is 0 Å². The fraction of sp³-hybridized carbons (Fsp3) is 0.368. The van der Waals surface area contributed by atoms with Gasteiger partial charge in [0.2, 0.25) is 5.91 Å². The molecule has 1 saturated heterocycles. The lowest BCUT2D eigenvalue weighted by atomic mass is 10.1. The number of nitrogens with zero attached hydrogens (tertiary/aromatic N) is 4. The lowest BCUT2D eigenvalue weighted by molar-refractivity contribution is -0.114. The van der Waals surface area contributed by atoms with Gasteiger partial charge in [0, 0.05) is 6.92 Å². The van der Waals surface area contributed by atoms with Crippen molar-refractivity contribution >= 4 is 22.9 Å². The number of carbonyl (C=O) groups is 1. The summed E-state index contributed by atoms with van der Waals surface area (Å²) in [6, 6.07) is 9.54. The SMILES string of the molecule is CC(=O)Nc1ncnc2c1ncn2[C@@H]1O[C@H](CO)[C@@H](O)[C@H]1OCc1ccccc1. The maximum Gasteiger partial charge on any atom is 0.222 e. The summed E-state index contributed by atoms with van der Waals surface area (Å²) in [5.41, 5.74) is 1.74. The molecule has 1 aliphatic heterocycles. The van der Waals surface area contributed by atoms with Crippen LogP contribution in [-0.2, 0) is 20.9 Å². The monoisotopic (exact) mass is 399 g/mol. The minimum absolute atomic E-state index is 0.263. The lowest BCUT2D eigenvalue weighted by Crippen LogP contribution is -2.35. The first-order chi connectivity index (χ1) is 14.1. The molecule has 1 amide bonds. The van der Waals surface area contributed by atoms with Gasteiger partial charge in [0.25, 0.3) is 0 Å². The van der Waals surface area contributed by atoms with Gasteiger partial charge in [0.15, 0.2) is 23.2 Å². The highest BCUT2D eigenvalue weighted by Crippen LogP contribution is 2.34. The number of imidazole rings is 1. The Balaban J connectivity index is 1.65. The number of aliphatic hydroxyl groups excluding tert-OH is 2. The van der Waals surface area contributed by atoms with E-state index in [1.165, 1.54) is 19.6 Å². The minimum Gasteiger partial charge on any atom is -0.394 e. The fourth-order valence-corrected chi connectivity index (χ4v) is 3.34. The summed E-state index contributed by atoms with van der Waals surface area (Å²) in [6.45, 7) is 1.28. The van der Waals surface area contributed by atoms with Gasteiger partial charge in [-0.25, -0.2) is 15.0 Å². The first kappa shape index (κ1) is 19.4. The molecule has 1 aromatic carbocycles. The third-order valence-corrected chi connectivity index (χ3v) is 4.71. The standard InChI is InChI=1S/C19H21N5O5/c1-11(26)23-17-14-18(21-9-20-17)24(10-22-14)19-16(15(27)13(7-25)29-19)28-8-12-5-3-2-4-6-12/h2-6,9-10,13,15-16,19,25,27H,7-8H2,1H3,(H,20,21,23,26)/t13-,15-,16-,19-/m1/s1. The van der Waals surface area contributed by atoms with E-state index >= 15 is 0 Å². The van der Waals surface area contributed by atoms with Gasteiger partial charge >= 0.3 is 0 Å². The van der Waals surface area contributed by atoms with Crippen LogP contribution in [-0.4, -0.2) is 60.6 Å². The maximum absolute atomic E-state index is 11.4. The second-order valence-electron chi connectivity index (χ2n) is 6.73. The Bertz CT molecular complexity index is 995. The number of hydrogen-bond acceptors (Lipinski definition) is 8. The van der Waals surface area contributed by atoms with Crippen LogP contribution in [0.2, 0.25) is 0 Å². The van der Waals surface area contributed by atoms with E-state index in [0.717, 1.165) is 5.56 Å². The van der Waals surface area contributed by atoms with Crippen molar-refractivity contribution in [2.75, 3.05) is 11.9 Å². The van der Waals surface area contributed by atoms with E-state index in [0.29, 0.717) is 11.2 Å². The van der Waals surface area contributed by atoms with Gasteiger partial charge in [-0.15, -0.1) is 0 Å². The molecule has 3 N–H and O–H groups in total. The molecule has 0 bridgehead atoms. The molecule has 0 unspecified atom stereocenters. The molecular weight excluding hydrogens is 378 g/mol. The van der Waals surface area contributed by atoms with Gasteiger partial charge in [-0.2, -0.15) is 0 Å². The first-order valence-electron chi connectivity index (χ1n) is 9.13. The van der Waals surface area contributed by atoms with Crippen LogP contribution in [0.3, 0.4) is 0 Å². The Morgan fingerprint density at radius 1 is 1.28 bits per heavy atom. The van der Waals surface area contributed by atoms with Gasteiger partial charge in [-0.3, -0.25) is 9.36 Å². The second-order valence-corrected chi connectivity index (χ2v) is 6.73. The molecule has 0 spiro atoms. The van der Waals surface area contributed by atoms with Crippen molar-refractivity contribution < 1.29 is 24.5 Å². The third-order valence-electron chi connectivity index (χ3n) is 4.71. The summed E-state index contributed by atoms with van der Waals surface area (Å²) >= 11 is 0.